The molecule has 0 spiro atoms. The molecule has 3 atom stereocenters. The Kier molecular flexibility index (Phi) is 7.42. The Morgan fingerprint density at radius 1 is 1.30 bits per heavy atom. The van der Waals surface area contributed by atoms with Gasteiger partial charge in [0.05, 0.1) is 6.04 Å². The van der Waals surface area contributed by atoms with E-state index in [1.165, 1.54) is 12.1 Å². The lowest BCUT2D eigenvalue weighted by Crippen LogP contribution is -2.40. The summed E-state index contributed by atoms with van der Waals surface area (Å²) in [5.74, 6) is -1.44. The largest absolute Gasteiger partial charge is 0.349 e. The molecule has 3 nitrogen and oxygen atoms in total. The molecule has 0 aromatic heterocycles. The summed E-state index contributed by atoms with van der Waals surface area (Å²) in [5.41, 5.74) is 6.25. The molecule has 3 unspecified atom stereocenters. The van der Waals surface area contributed by atoms with Gasteiger partial charge in [-0.3, -0.25) is 4.79 Å². The number of nitrogens with two attached hydrogens (primary N) is 1. The highest BCUT2D eigenvalue weighted by molar-refractivity contribution is 5.85. The van der Waals surface area contributed by atoms with Crippen LogP contribution in [0, 0.1) is 23.5 Å². The van der Waals surface area contributed by atoms with Crippen LogP contribution in [0.5, 0.6) is 0 Å². The van der Waals surface area contributed by atoms with Crippen LogP contribution in [0.25, 0.3) is 0 Å². The van der Waals surface area contributed by atoms with Gasteiger partial charge in [0.25, 0.3) is 0 Å². The van der Waals surface area contributed by atoms with Crippen molar-refractivity contribution in [1.29, 1.82) is 0 Å². The molecular formula is C17H25ClF2N2O. The monoisotopic (exact) mass is 346 g/mol. The van der Waals surface area contributed by atoms with E-state index < -0.39 is 17.7 Å². The topological polar surface area (TPSA) is 55.1 Å². The van der Waals surface area contributed by atoms with E-state index >= 15 is 0 Å². The smallest absolute Gasteiger partial charge is 0.223 e. The number of carbonyl (C=O) groups excluding carboxylic acids is 1. The van der Waals surface area contributed by atoms with Crippen molar-refractivity contribution < 1.29 is 13.6 Å². The van der Waals surface area contributed by atoms with Gasteiger partial charge in [0.15, 0.2) is 0 Å². The van der Waals surface area contributed by atoms with Crippen LogP contribution in [0.15, 0.2) is 18.2 Å². The van der Waals surface area contributed by atoms with E-state index in [1.807, 2.05) is 13.8 Å². The molecule has 2 rings (SSSR count). The van der Waals surface area contributed by atoms with Gasteiger partial charge in [-0.1, -0.05) is 26.3 Å². The van der Waals surface area contributed by atoms with Crippen LogP contribution in [0.1, 0.15) is 51.1 Å². The Labute approximate surface area is 142 Å². The minimum Gasteiger partial charge on any atom is -0.349 e. The lowest BCUT2D eigenvalue weighted by Gasteiger charge is -2.29. The molecular weight excluding hydrogens is 322 g/mol. The van der Waals surface area contributed by atoms with E-state index in [0.29, 0.717) is 12.0 Å². The van der Waals surface area contributed by atoms with Crippen LogP contribution in [-0.4, -0.2) is 11.9 Å². The van der Waals surface area contributed by atoms with Crippen molar-refractivity contribution in [3.05, 3.63) is 35.4 Å². The number of hydrogen-bond donors (Lipinski definition) is 2. The third-order valence-electron chi connectivity index (χ3n) is 4.35. The third-order valence-corrected chi connectivity index (χ3v) is 4.35. The zero-order chi connectivity index (χ0) is 16.3. The summed E-state index contributed by atoms with van der Waals surface area (Å²) in [4.78, 5) is 12.4. The highest BCUT2D eigenvalue weighted by Crippen LogP contribution is 2.28. The Balaban J connectivity index is 0.00000264. The highest BCUT2D eigenvalue weighted by atomic mass is 35.5. The highest BCUT2D eigenvalue weighted by Gasteiger charge is 2.29. The summed E-state index contributed by atoms with van der Waals surface area (Å²) < 4.78 is 27.1. The quantitative estimate of drug-likeness (QED) is 0.873. The molecule has 23 heavy (non-hydrogen) atoms. The molecule has 1 fully saturated rings. The zero-order valence-electron chi connectivity index (χ0n) is 13.5. The molecule has 1 aliphatic carbocycles. The van der Waals surface area contributed by atoms with Gasteiger partial charge in [-0.25, -0.2) is 8.78 Å². The molecule has 3 N–H and O–H groups in total. The fraction of sp³-hybridized carbons (Fsp3) is 0.588. The Morgan fingerprint density at radius 2 is 2.00 bits per heavy atom. The summed E-state index contributed by atoms with van der Waals surface area (Å²) >= 11 is 0. The minimum absolute atomic E-state index is 0. The maximum absolute atomic E-state index is 14.0. The number of amides is 1. The SMILES string of the molecule is CC(C)C(NC(=O)C1CCCC(N)C1)c1ccc(F)cc1F.Cl. The van der Waals surface area contributed by atoms with E-state index in [2.05, 4.69) is 5.32 Å². The summed E-state index contributed by atoms with van der Waals surface area (Å²) in [6, 6.07) is 3.07. The molecule has 1 aromatic carbocycles. The van der Waals surface area contributed by atoms with Gasteiger partial charge in [-0.05, 0) is 31.2 Å². The molecule has 1 aliphatic rings. The average Bonchev–Trinajstić information content (AvgIpc) is 2.45. The van der Waals surface area contributed by atoms with Gasteiger partial charge < -0.3 is 11.1 Å². The number of benzene rings is 1. The van der Waals surface area contributed by atoms with Crippen molar-refractivity contribution in [2.45, 2.75) is 51.6 Å². The molecule has 1 aromatic rings. The summed E-state index contributed by atoms with van der Waals surface area (Å²) in [6.07, 6.45) is 3.37. The lowest BCUT2D eigenvalue weighted by molar-refractivity contribution is -0.127. The second kappa shape index (κ2) is 8.60. The van der Waals surface area contributed by atoms with Gasteiger partial charge in [0, 0.05) is 23.6 Å². The number of carbonyl (C=O) groups is 1. The van der Waals surface area contributed by atoms with Crippen LogP contribution < -0.4 is 11.1 Å². The summed E-state index contributed by atoms with van der Waals surface area (Å²) in [6.45, 7) is 3.81. The molecule has 1 saturated carbocycles. The second-order valence-electron chi connectivity index (χ2n) is 6.52. The van der Waals surface area contributed by atoms with Crippen LogP contribution in [-0.2, 0) is 4.79 Å². The maximum Gasteiger partial charge on any atom is 0.223 e. The van der Waals surface area contributed by atoms with Crippen LogP contribution in [0.4, 0.5) is 8.78 Å². The molecule has 0 aliphatic heterocycles. The lowest BCUT2D eigenvalue weighted by atomic mass is 9.85. The first-order valence-electron chi connectivity index (χ1n) is 7.89. The van der Waals surface area contributed by atoms with Gasteiger partial charge >= 0.3 is 0 Å². The molecule has 0 saturated heterocycles. The van der Waals surface area contributed by atoms with Crippen LogP contribution in [0.2, 0.25) is 0 Å². The first kappa shape index (κ1) is 19.8. The molecule has 6 heteroatoms. The first-order chi connectivity index (χ1) is 10.4. The van der Waals surface area contributed by atoms with Gasteiger partial charge in [-0.2, -0.15) is 0 Å². The van der Waals surface area contributed by atoms with Crippen molar-refractivity contribution in [3.8, 4) is 0 Å². The number of rotatable bonds is 4. The molecule has 0 heterocycles. The predicted octanol–water partition coefficient (Wildman–Crippen LogP) is 3.72. The van der Waals surface area contributed by atoms with Crippen molar-refractivity contribution in [1.82, 2.24) is 5.32 Å². The number of hydrogen-bond acceptors (Lipinski definition) is 2. The van der Waals surface area contributed by atoms with E-state index in [1.54, 1.807) is 0 Å². The molecule has 0 bridgehead atoms. The third kappa shape index (κ3) is 5.15. The first-order valence-corrected chi connectivity index (χ1v) is 7.89. The van der Waals surface area contributed by atoms with E-state index in [-0.39, 0.29) is 36.2 Å². The Hall–Kier alpha value is -1.20. The van der Waals surface area contributed by atoms with Crippen LogP contribution in [0.3, 0.4) is 0 Å². The minimum atomic E-state index is -0.626. The zero-order valence-corrected chi connectivity index (χ0v) is 14.3. The van der Waals surface area contributed by atoms with Crippen molar-refractivity contribution >= 4 is 18.3 Å². The summed E-state index contributed by atoms with van der Waals surface area (Å²) in [7, 11) is 0. The standard InChI is InChI=1S/C17H24F2N2O.ClH/c1-10(2)16(14-7-6-12(18)9-15(14)19)21-17(22)11-4-3-5-13(20)8-11;/h6-7,9-11,13,16H,3-5,8,20H2,1-2H3,(H,21,22);1H. The van der Waals surface area contributed by atoms with Crippen molar-refractivity contribution in [2.75, 3.05) is 0 Å². The van der Waals surface area contributed by atoms with E-state index in [9.17, 15) is 13.6 Å². The van der Waals surface area contributed by atoms with Gasteiger partial charge in [0.2, 0.25) is 5.91 Å². The second-order valence-corrected chi connectivity index (χ2v) is 6.52. The van der Waals surface area contributed by atoms with Gasteiger partial charge in [0.1, 0.15) is 11.6 Å². The number of halogens is 3. The normalized spacial score (nSPS) is 22.3. The molecule has 0 radical (unpaired) electrons. The molecule has 1 amide bonds. The molecule has 130 valence electrons. The predicted molar refractivity (Wildman–Crippen MR) is 89.3 cm³/mol. The van der Waals surface area contributed by atoms with E-state index in [4.69, 9.17) is 5.73 Å². The Morgan fingerprint density at radius 3 is 2.57 bits per heavy atom. The van der Waals surface area contributed by atoms with E-state index in [0.717, 1.165) is 25.3 Å². The maximum atomic E-state index is 14.0. The average molecular weight is 347 g/mol. The fourth-order valence-corrected chi connectivity index (χ4v) is 3.09. The Bertz CT molecular complexity index is 539. The van der Waals surface area contributed by atoms with Crippen molar-refractivity contribution in [3.63, 3.8) is 0 Å². The van der Waals surface area contributed by atoms with Crippen LogP contribution >= 0.6 is 12.4 Å². The van der Waals surface area contributed by atoms with Crippen molar-refractivity contribution in [2.24, 2.45) is 17.6 Å². The summed E-state index contributed by atoms with van der Waals surface area (Å²) in [5, 5.41) is 2.93. The number of nitrogens with one attached hydrogen (secondary N) is 1. The van der Waals surface area contributed by atoms with Gasteiger partial charge in [-0.15, -0.1) is 12.4 Å². The fourth-order valence-electron chi connectivity index (χ4n) is 3.09.